The van der Waals surface area contributed by atoms with Crippen LogP contribution in [0, 0.1) is 0 Å². The number of benzene rings is 3. The Bertz CT molecular complexity index is 1400. The lowest BCUT2D eigenvalue weighted by Gasteiger charge is -2.27. The smallest absolute Gasteiger partial charge is 0.253 e. The van der Waals surface area contributed by atoms with Crippen molar-refractivity contribution in [3.05, 3.63) is 102 Å². The second-order valence-electron chi connectivity index (χ2n) is 8.62. The van der Waals surface area contributed by atoms with E-state index in [0.717, 1.165) is 22.5 Å². The molecule has 180 valence electrons. The summed E-state index contributed by atoms with van der Waals surface area (Å²) in [7, 11) is 1.75. The molecule has 0 spiro atoms. The Morgan fingerprint density at radius 1 is 0.889 bits per heavy atom. The number of anilines is 1. The number of carbonyl (C=O) groups is 3. The molecule has 0 saturated carbocycles. The van der Waals surface area contributed by atoms with Crippen molar-refractivity contribution in [3.8, 4) is 16.9 Å². The van der Waals surface area contributed by atoms with E-state index in [1.54, 1.807) is 36.2 Å². The highest BCUT2D eigenvalue weighted by Gasteiger charge is 2.25. The summed E-state index contributed by atoms with van der Waals surface area (Å²) >= 11 is 0. The van der Waals surface area contributed by atoms with E-state index in [0.29, 0.717) is 17.8 Å². The SMILES string of the molecule is CN(Cc1cn(-c2ccccc2)nc1-c1ccccc1)C(=O)c1ccc(N2NC(=O)CCC2=O)cc1. The Morgan fingerprint density at radius 2 is 1.56 bits per heavy atom. The molecule has 36 heavy (non-hydrogen) atoms. The molecule has 4 aromatic rings. The minimum Gasteiger partial charge on any atom is -0.337 e. The molecule has 1 N–H and O–H groups in total. The van der Waals surface area contributed by atoms with Crippen LogP contribution < -0.4 is 10.4 Å². The number of nitrogens with zero attached hydrogens (tertiary/aromatic N) is 4. The minimum atomic E-state index is -0.209. The molecule has 0 aliphatic carbocycles. The first kappa shape index (κ1) is 23.0. The second kappa shape index (κ2) is 9.87. The predicted octanol–water partition coefficient (Wildman–Crippen LogP) is 3.97. The minimum absolute atomic E-state index is 0.162. The van der Waals surface area contributed by atoms with E-state index in [2.05, 4.69) is 5.43 Å². The number of amides is 3. The van der Waals surface area contributed by atoms with Gasteiger partial charge in [-0.25, -0.2) is 9.69 Å². The normalized spacial score (nSPS) is 13.4. The fourth-order valence-corrected chi connectivity index (χ4v) is 4.16. The molecule has 1 aliphatic heterocycles. The van der Waals surface area contributed by atoms with Gasteiger partial charge in [-0.05, 0) is 36.4 Å². The fourth-order valence-electron chi connectivity index (χ4n) is 4.16. The van der Waals surface area contributed by atoms with Gasteiger partial charge < -0.3 is 4.90 Å². The van der Waals surface area contributed by atoms with Gasteiger partial charge in [0, 0.05) is 49.3 Å². The molecule has 2 heterocycles. The summed E-state index contributed by atoms with van der Waals surface area (Å²) in [5.74, 6) is -0.559. The molecule has 1 fully saturated rings. The topological polar surface area (TPSA) is 87.5 Å². The highest BCUT2D eigenvalue weighted by atomic mass is 16.2. The second-order valence-corrected chi connectivity index (χ2v) is 8.62. The molecule has 3 aromatic carbocycles. The molecule has 8 nitrogen and oxygen atoms in total. The van der Waals surface area contributed by atoms with Gasteiger partial charge in [-0.15, -0.1) is 0 Å². The third-order valence-corrected chi connectivity index (χ3v) is 6.04. The third-order valence-electron chi connectivity index (χ3n) is 6.04. The number of para-hydroxylation sites is 1. The Kier molecular flexibility index (Phi) is 6.32. The van der Waals surface area contributed by atoms with Crippen molar-refractivity contribution in [2.24, 2.45) is 0 Å². The number of hydrogen-bond donors (Lipinski definition) is 1. The zero-order valence-corrected chi connectivity index (χ0v) is 19.8. The molecule has 3 amide bonds. The van der Waals surface area contributed by atoms with Crippen LogP contribution in [-0.2, 0) is 16.1 Å². The molecule has 0 unspecified atom stereocenters. The number of nitrogens with one attached hydrogen (secondary N) is 1. The van der Waals surface area contributed by atoms with Crippen LogP contribution in [0.1, 0.15) is 28.8 Å². The lowest BCUT2D eigenvalue weighted by atomic mass is 10.1. The summed E-state index contributed by atoms with van der Waals surface area (Å²) in [5, 5.41) is 6.05. The van der Waals surface area contributed by atoms with Crippen molar-refractivity contribution >= 4 is 23.4 Å². The van der Waals surface area contributed by atoms with Crippen molar-refractivity contribution in [1.82, 2.24) is 20.1 Å². The number of hydrazine groups is 1. The first-order valence-corrected chi connectivity index (χ1v) is 11.7. The van der Waals surface area contributed by atoms with Crippen molar-refractivity contribution in [3.63, 3.8) is 0 Å². The van der Waals surface area contributed by atoms with Crippen LogP contribution in [0.2, 0.25) is 0 Å². The molecule has 1 aliphatic rings. The third kappa shape index (κ3) is 4.74. The molecule has 0 radical (unpaired) electrons. The van der Waals surface area contributed by atoms with Crippen molar-refractivity contribution < 1.29 is 14.4 Å². The van der Waals surface area contributed by atoms with Gasteiger partial charge in [0.1, 0.15) is 0 Å². The molecular weight excluding hydrogens is 454 g/mol. The molecular formula is C28H25N5O3. The molecule has 5 rings (SSSR count). The van der Waals surface area contributed by atoms with Crippen LogP contribution in [0.5, 0.6) is 0 Å². The van der Waals surface area contributed by atoms with Crippen LogP contribution >= 0.6 is 0 Å². The van der Waals surface area contributed by atoms with E-state index in [1.807, 2.05) is 71.5 Å². The highest BCUT2D eigenvalue weighted by molar-refractivity contribution is 6.01. The first-order chi connectivity index (χ1) is 17.5. The summed E-state index contributed by atoms with van der Waals surface area (Å²) in [4.78, 5) is 38.7. The largest absolute Gasteiger partial charge is 0.337 e. The van der Waals surface area contributed by atoms with E-state index in [4.69, 9.17) is 5.10 Å². The van der Waals surface area contributed by atoms with Gasteiger partial charge in [-0.1, -0.05) is 48.5 Å². The van der Waals surface area contributed by atoms with E-state index in [9.17, 15) is 14.4 Å². The van der Waals surface area contributed by atoms with Crippen molar-refractivity contribution in [2.75, 3.05) is 12.1 Å². The maximum Gasteiger partial charge on any atom is 0.253 e. The Labute approximate surface area is 208 Å². The monoisotopic (exact) mass is 479 g/mol. The van der Waals surface area contributed by atoms with E-state index < -0.39 is 0 Å². The summed E-state index contributed by atoms with van der Waals surface area (Å²) in [6.07, 6.45) is 2.30. The number of carbonyl (C=O) groups excluding carboxylic acids is 3. The number of aromatic nitrogens is 2. The summed E-state index contributed by atoms with van der Waals surface area (Å²) in [5.41, 5.74) is 7.20. The van der Waals surface area contributed by atoms with Crippen molar-refractivity contribution in [2.45, 2.75) is 19.4 Å². The first-order valence-electron chi connectivity index (χ1n) is 11.7. The fraction of sp³-hybridized carbons (Fsp3) is 0.143. The van der Waals surface area contributed by atoms with E-state index >= 15 is 0 Å². The summed E-state index contributed by atoms with van der Waals surface area (Å²) < 4.78 is 1.83. The van der Waals surface area contributed by atoms with E-state index in [1.165, 1.54) is 5.01 Å². The lowest BCUT2D eigenvalue weighted by molar-refractivity contribution is -0.130. The Morgan fingerprint density at radius 3 is 2.25 bits per heavy atom. The maximum absolute atomic E-state index is 13.2. The van der Waals surface area contributed by atoms with Crippen LogP contribution in [0.3, 0.4) is 0 Å². The van der Waals surface area contributed by atoms with Gasteiger partial charge in [0.15, 0.2) is 0 Å². The quantitative estimate of drug-likeness (QED) is 0.453. The van der Waals surface area contributed by atoms with Gasteiger partial charge in [-0.3, -0.25) is 19.8 Å². The zero-order chi connectivity index (χ0) is 25.1. The van der Waals surface area contributed by atoms with Crippen LogP contribution in [-0.4, -0.2) is 39.4 Å². The zero-order valence-electron chi connectivity index (χ0n) is 19.8. The molecule has 8 heteroatoms. The summed E-state index contributed by atoms with van der Waals surface area (Å²) in [6.45, 7) is 0.359. The maximum atomic E-state index is 13.2. The number of rotatable bonds is 6. The van der Waals surface area contributed by atoms with Crippen LogP contribution in [0.15, 0.2) is 91.1 Å². The molecule has 0 atom stereocenters. The molecule has 0 bridgehead atoms. The highest BCUT2D eigenvalue weighted by Crippen LogP contribution is 2.25. The van der Waals surface area contributed by atoms with Crippen molar-refractivity contribution in [1.29, 1.82) is 0 Å². The Hall–Kier alpha value is -4.72. The lowest BCUT2D eigenvalue weighted by Crippen LogP contribution is -2.50. The van der Waals surface area contributed by atoms with Gasteiger partial charge >= 0.3 is 0 Å². The van der Waals surface area contributed by atoms with Gasteiger partial charge in [-0.2, -0.15) is 5.10 Å². The van der Waals surface area contributed by atoms with Gasteiger partial charge in [0.25, 0.3) is 5.91 Å². The van der Waals surface area contributed by atoms with Gasteiger partial charge in [0.05, 0.1) is 17.1 Å². The average molecular weight is 480 g/mol. The van der Waals surface area contributed by atoms with Crippen LogP contribution in [0.4, 0.5) is 5.69 Å². The van der Waals surface area contributed by atoms with Crippen LogP contribution in [0.25, 0.3) is 16.9 Å². The predicted molar refractivity (Wildman–Crippen MR) is 136 cm³/mol. The molecule has 1 saturated heterocycles. The summed E-state index contributed by atoms with van der Waals surface area (Å²) in [6, 6.07) is 26.4. The Balaban J connectivity index is 1.37. The standard InChI is InChI=1S/C28H25N5O3/c1-31(28(36)21-12-14-24(15-13-21)33-26(35)17-16-25(34)29-33)18-22-19-32(23-10-6-3-7-11-23)30-27(22)20-8-4-2-5-9-20/h2-15,19H,16-18H2,1H3,(H,29,34). The van der Waals surface area contributed by atoms with E-state index in [-0.39, 0.29) is 30.6 Å². The average Bonchev–Trinajstić information content (AvgIpc) is 3.34. The van der Waals surface area contributed by atoms with Gasteiger partial charge in [0.2, 0.25) is 11.8 Å². The number of hydrogen-bond acceptors (Lipinski definition) is 4. The molecule has 1 aromatic heterocycles.